The van der Waals surface area contributed by atoms with Crippen molar-refractivity contribution in [2.45, 2.75) is 21.6 Å². The van der Waals surface area contributed by atoms with E-state index in [1.165, 1.54) is 12.1 Å². The zero-order valence-corrected chi connectivity index (χ0v) is 11.6. The Morgan fingerprint density at radius 1 is 1.11 bits per heavy atom. The van der Waals surface area contributed by atoms with Gasteiger partial charge < -0.3 is 0 Å². The molecule has 18 heavy (non-hydrogen) atoms. The van der Waals surface area contributed by atoms with Crippen molar-refractivity contribution in [1.82, 2.24) is 0 Å². The third kappa shape index (κ3) is 2.25. The van der Waals surface area contributed by atoms with Gasteiger partial charge in [-0.3, -0.25) is 0 Å². The molecule has 0 fully saturated rings. The van der Waals surface area contributed by atoms with Crippen LogP contribution >= 0.6 is 35.0 Å². The number of halogens is 3. The van der Waals surface area contributed by atoms with Gasteiger partial charge in [0.25, 0.3) is 0 Å². The van der Waals surface area contributed by atoms with Gasteiger partial charge >= 0.3 is 0 Å². The Hall–Kier alpha value is -0.700. The Labute approximate surface area is 119 Å². The van der Waals surface area contributed by atoms with Crippen molar-refractivity contribution in [2.75, 3.05) is 0 Å². The topological polar surface area (TPSA) is 0 Å². The van der Waals surface area contributed by atoms with Gasteiger partial charge in [-0.2, -0.15) is 0 Å². The van der Waals surface area contributed by atoms with Crippen LogP contribution in [0.5, 0.6) is 0 Å². The summed E-state index contributed by atoms with van der Waals surface area (Å²) in [5.41, 5.74) is 1.97. The summed E-state index contributed by atoms with van der Waals surface area (Å²) in [6.45, 7) is 0. The molecule has 1 heterocycles. The van der Waals surface area contributed by atoms with Crippen molar-refractivity contribution in [1.29, 1.82) is 0 Å². The SMILES string of the molecule is Fc1ccc2c(c1)C(Cl)Cc1cc(Cl)ccc1S2. The zero-order valence-electron chi connectivity index (χ0n) is 9.29. The molecule has 2 aromatic carbocycles. The van der Waals surface area contributed by atoms with Crippen LogP contribution in [0, 0.1) is 5.82 Å². The van der Waals surface area contributed by atoms with Crippen molar-refractivity contribution in [2.24, 2.45) is 0 Å². The van der Waals surface area contributed by atoms with Gasteiger partial charge in [0.1, 0.15) is 5.82 Å². The summed E-state index contributed by atoms with van der Waals surface area (Å²) >= 11 is 14.0. The van der Waals surface area contributed by atoms with Crippen LogP contribution in [0.15, 0.2) is 46.2 Å². The van der Waals surface area contributed by atoms with E-state index >= 15 is 0 Å². The Morgan fingerprint density at radius 3 is 2.72 bits per heavy atom. The molecule has 1 aliphatic heterocycles. The molecule has 0 spiro atoms. The first-order valence-electron chi connectivity index (χ1n) is 5.53. The van der Waals surface area contributed by atoms with Crippen molar-refractivity contribution in [3.63, 3.8) is 0 Å². The maximum Gasteiger partial charge on any atom is 0.123 e. The van der Waals surface area contributed by atoms with E-state index in [1.54, 1.807) is 17.8 Å². The highest BCUT2D eigenvalue weighted by Gasteiger charge is 2.21. The Kier molecular flexibility index (Phi) is 3.27. The van der Waals surface area contributed by atoms with Crippen molar-refractivity contribution in [3.8, 4) is 0 Å². The zero-order chi connectivity index (χ0) is 12.7. The molecule has 2 aromatic rings. The highest BCUT2D eigenvalue weighted by atomic mass is 35.5. The minimum Gasteiger partial charge on any atom is -0.207 e. The smallest absolute Gasteiger partial charge is 0.123 e. The molecular weight excluding hydrogens is 290 g/mol. The molecule has 92 valence electrons. The normalized spacial score (nSPS) is 17.8. The minimum absolute atomic E-state index is 0.220. The average Bonchev–Trinajstić information content (AvgIpc) is 2.46. The molecule has 0 aliphatic carbocycles. The van der Waals surface area contributed by atoms with Crippen LogP contribution in [0.3, 0.4) is 0 Å². The van der Waals surface area contributed by atoms with Crippen molar-refractivity contribution in [3.05, 3.63) is 58.4 Å². The summed E-state index contributed by atoms with van der Waals surface area (Å²) in [4.78, 5) is 2.15. The van der Waals surface area contributed by atoms with E-state index in [0.29, 0.717) is 11.4 Å². The van der Waals surface area contributed by atoms with E-state index in [1.807, 2.05) is 18.2 Å². The summed E-state index contributed by atoms with van der Waals surface area (Å²) in [5, 5.41) is 0.485. The quantitative estimate of drug-likeness (QED) is 0.581. The van der Waals surface area contributed by atoms with E-state index in [4.69, 9.17) is 23.2 Å². The maximum atomic E-state index is 13.3. The van der Waals surface area contributed by atoms with E-state index in [0.717, 1.165) is 20.9 Å². The third-order valence-corrected chi connectivity index (χ3v) is 4.79. The monoisotopic (exact) mass is 298 g/mol. The van der Waals surface area contributed by atoms with Crippen LogP contribution in [0.1, 0.15) is 16.5 Å². The third-order valence-electron chi connectivity index (χ3n) is 2.95. The second-order valence-electron chi connectivity index (χ2n) is 4.21. The van der Waals surface area contributed by atoms with Gasteiger partial charge in [-0.05, 0) is 53.9 Å². The largest absolute Gasteiger partial charge is 0.207 e. The van der Waals surface area contributed by atoms with Crippen LogP contribution in [0.25, 0.3) is 0 Å². The second-order valence-corrected chi connectivity index (χ2v) is 6.25. The fourth-order valence-electron chi connectivity index (χ4n) is 2.09. The average molecular weight is 299 g/mol. The van der Waals surface area contributed by atoms with Gasteiger partial charge in [0.05, 0.1) is 5.38 Å². The van der Waals surface area contributed by atoms with Gasteiger partial charge in [0.2, 0.25) is 0 Å². The van der Waals surface area contributed by atoms with Crippen molar-refractivity contribution >= 4 is 35.0 Å². The molecule has 0 bridgehead atoms. The molecule has 1 atom stereocenters. The molecular formula is C14H9Cl2FS. The molecule has 0 saturated carbocycles. The van der Waals surface area contributed by atoms with Crippen LogP contribution < -0.4 is 0 Å². The number of fused-ring (bicyclic) bond motifs is 2. The predicted molar refractivity (Wildman–Crippen MR) is 74.3 cm³/mol. The van der Waals surface area contributed by atoms with Crippen LogP contribution in [-0.2, 0) is 6.42 Å². The van der Waals surface area contributed by atoms with Crippen LogP contribution in [0.4, 0.5) is 4.39 Å². The van der Waals surface area contributed by atoms with E-state index in [2.05, 4.69) is 0 Å². The van der Waals surface area contributed by atoms with Crippen LogP contribution in [0.2, 0.25) is 5.02 Å². The first-order valence-corrected chi connectivity index (χ1v) is 7.16. The fourth-order valence-corrected chi connectivity index (χ4v) is 3.79. The maximum absolute atomic E-state index is 13.3. The van der Waals surface area contributed by atoms with Gasteiger partial charge in [-0.25, -0.2) is 4.39 Å². The number of hydrogen-bond acceptors (Lipinski definition) is 1. The van der Waals surface area contributed by atoms with Gasteiger partial charge in [-0.15, -0.1) is 11.6 Å². The molecule has 3 rings (SSSR count). The molecule has 0 saturated heterocycles. The lowest BCUT2D eigenvalue weighted by Gasteiger charge is -2.09. The molecule has 0 radical (unpaired) electrons. The molecule has 0 amide bonds. The molecule has 4 heteroatoms. The predicted octanol–water partition coefficient (Wildman–Crippen LogP) is 5.47. The summed E-state index contributed by atoms with van der Waals surface area (Å²) in [6, 6.07) is 10.6. The highest BCUT2D eigenvalue weighted by molar-refractivity contribution is 7.99. The summed E-state index contributed by atoms with van der Waals surface area (Å²) in [6.07, 6.45) is 0.668. The first kappa shape index (κ1) is 12.3. The lowest BCUT2D eigenvalue weighted by molar-refractivity contribution is 0.622. The summed E-state index contributed by atoms with van der Waals surface area (Å²) in [7, 11) is 0. The number of benzene rings is 2. The van der Waals surface area contributed by atoms with E-state index < -0.39 is 0 Å². The fraction of sp³-hybridized carbons (Fsp3) is 0.143. The Morgan fingerprint density at radius 2 is 1.89 bits per heavy atom. The number of rotatable bonds is 0. The van der Waals surface area contributed by atoms with Crippen LogP contribution in [-0.4, -0.2) is 0 Å². The van der Waals surface area contributed by atoms with Gasteiger partial charge in [-0.1, -0.05) is 23.4 Å². The van der Waals surface area contributed by atoms with Gasteiger partial charge in [0, 0.05) is 14.8 Å². The number of hydrogen-bond donors (Lipinski definition) is 0. The molecule has 1 aliphatic rings. The Balaban J connectivity index is 2.13. The van der Waals surface area contributed by atoms with Crippen molar-refractivity contribution < 1.29 is 4.39 Å². The van der Waals surface area contributed by atoms with E-state index in [9.17, 15) is 4.39 Å². The highest BCUT2D eigenvalue weighted by Crippen LogP contribution is 2.43. The number of alkyl halides is 1. The lowest BCUT2D eigenvalue weighted by Crippen LogP contribution is -1.96. The summed E-state index contributed by atoms with van der Waals surface area (Å²) in [5.74, 6) is -0.246. The first-order chi connectivity index (χ1) is 8.63. The lowest BCUT2D eigenvalue weighted by atomic mass is 10.0. The molecule has 0 N–H and O–H groups in total. The standard InChI is InChI=1S/C14H9Cl2FS/c15-9-1-3-13-8(5-9)6-12(16)11-7-10(17)2-4-14(11)18-13/h1-5,7,12H,6H2. The molecule has 0 nitrogen and oxygen atoms in total. The molecule has 1 unspecified atom stereocenters. The van der Waals surface area contributed by atoms with Gasteiger partial charge in [0.15, 0.2) is 0 Å². The second kappa shape index (κ2) is 4.76. The Bertz CT molecular complexity index is 613. The minimum atomic E-state index is -0.246. The molecule has 0 aromatic heterocycles. The summed E-state index contributed by atoms with van der Waals surface area (Å²) < 4.78 is 13.3. The van der Waals surface area contributed by atoms with E-state index in [-0.39, 0.29) is 11.2 Å².